The van der Waals surface area contributed by atoms with Gasteiger partial charge in [-0.3, -0.25) is 0 Å². The SMILES string of the molecule is C=CC(C)c1cc(C)cc(C(C)C)c1CCNC.Cc1ccc(CN(C)C)cc1. The molecule has 2 nitrogen and oxygen atoms in total. The first-order valence-electron chi connectivity index (χ1n) is 10.8. The van der Waals surface area contributed by atoms with Gasteiger partial charge in [-0.15, -0.1) is 6.58 Å². The predicted octanol–water partition coefficient (Wildman–Crippen LogP) is 6.23. The van der Waals surface area contributed by atoms with Crippen molar-refractivity contribution in [2.75, 3.05) is 27.7 Å². The van der Waals surface area contributed by atoms with Crippen LogP contribution in [0.5, 0.6) is 0 Å². The third-order valence-corrected chi connectivity index (χ3v) is 5.17. The number of hydrogen-bond donors (Lipinski definition) is 1. The molecule has 29 heavy (non-hydrogen) atoms. The van der Waals surface area contributed by atoms with E-state index in [9.17, 15) is 0 Å². The first-order valence-corrected chi connectivity index (χ1v) is 10.8. The molecule has 0 aliphatic heterocycles. The summed E-state index contributed by atoms with van der Waals surface area (Å²) >= 11 is 0. The maximum Gasteiger partial charge on any atom is 0.0227 e. The fourth-order valence-corrected chi connectivity index (χ4v) is 3.52. The van der Waals surface area contributed by atoms with E-state index in [0.717, 1.165) is 19.5 Å². The maximum atomic E-state index is 3.95. The molecule has 0 heterocycles. The van der Waals surface area contributed by atoms with Crippen molar-refractivity contribution in [1.82, 2.24) is 10.2 Å². The van der Waals surface area contributed by atoms with Gasteiger partial charge in [-0.2, -0.15) is 0 Å². The highest BCUT2D eigenvalue weighted by atomic mass is 15.0. The lowest BCUT2D eigenvalue weighted by Crippen LogP contribution is -2.14. The van der Waals surface area contributed by atoms with Gasteiger partial charge in [0.1, 0.15) is 0 Å². The highest BCUT2D eigenvalue weighted by molar-refractivity contribution is 5.43. The summed E-state index contributed by atoms with van der Waals surface area (Å²) in [6.07, 6.45) is 3.14. The van der Waals surface area contributed by atoms with Gasteiger partial charge in [0.05, 0.1) is 0 Å². The van der Waals surface area contributed by atoms with Crippen molar-refractivity contribution in [3.63, 3.8) is 0 Å². The van der Waals surface area contributed by atoms with Crippen LogP contribution in [0.2, 0.25) is 0 Å². The number of nitrogens with zero attached hydrogens (tertiary/aromatic N) is 1. The van der Waals surface area contributed by atoms with Crippen molar-refractivity contribution in [3.8, 4) is 0 Å². The highest BCUT2D eigenvalue weighted by Crippen LogP contribution is 2.30. The van der Waals surface area contributed by atoms with Gasteiger partial charge in [-0.25, -0.2) is 0 Å². The molecular weight excluding hydrogens is 352 g/mol. The fraction of sp³-hybridized carbons (Fsp3) is 0.481. The Hall–Kier alpha value is -1.90. The molecule has 160 valence electrons. The Labute approximate surface area is 180 Å². The van der Waals surface area contributed by atoms with Crippen LogP contribution in [0.3, 0.4) is 0 Å². The molecule has 0 amide bonds. The molecule has 2 aromatic rings. The molecular formula is C27H42N2. The molecule has 0 radical (unpaired) electrons. The number of benzene rings is 2. The van der Waals surface area contributed by atoms with Gasteiger partial charge in [0.25, 0.3) is 0 Å². The lowest BCUT2D eigenvalue weighted by molar-refractivity contribution is 0.402. The minimum Gasteiger partial charge on any atom is -0.319 e. The average molecular weight is 395 g/mol. The average Bonchev–Trinajstić information content (AvgIpc) is 2.67. The monoisotopic (exact) mass is 394 g/mol. The minimum absolute atomic E-state index is 0.425. The molecule has 0 aliphatic rings. The van der Waals surface area contributed by atoms with Gasteiger partial charge in [0.15, 0.2) is 0 Å². The summed E-state index contributed by atoms with van der Waals surface area (Å²) in [4.78, 5) is 2.17. The van der Waals surface area contributed by atoms with E-state index in [0.29, 0.717) is 11.8 Å². The van der Waals surface area contributed by atoms with E-state index in [1.807, 2.05) is 13.1 Å². The highest BCUT2D eigenvalue weighted by Gasteiger charge is 2.15. The zero-order chi connectivity index (χ0) is 22.0. The fourth-order valence-electron chi connectivity index (χ4n) is 3.52. The van der Waals surface area contributed by atoms with E-state index < -0.39 is 0 Å². The van der Waals surface area contributed by atoms with Crippen LogP contribution in [0, 0.1) is 13.8 Å². The van der Waals surface area contributed by atoms with Gasteiger partial charge in [-0.1, -0.05) is 74.4 Å². The molecule has 1 N–H and O–H groups in total. The molecule has 0 aliphatic carbocycles. The van der Waals surface area contributed by atoms with Crippen molar-refractivity contribution in [2.45, 2.75) is 59.4 Å². The van der Waals surface area contributed by atoms with E-state index in [2.05, 4.69) is 102 Å². The zero-order valence-corrected chi connectivity index (χ0v) is 20.0. The summed E-state index contributed by atoms with van der Waals surface area (Å²) in [7, 11) is 6.18. The second-order valence-electron chi connectivity index (χ2n) is 8.68. The van der Waals surface area contributed by atoms with Crippen molar-refractivity contribution >= 4 is 0 Å². The Kier molecular flexibility index (Phi) is 10.9. The Morgan fingerprint density at radius 1 is 0.966 bits per heavy atom. The summed E-state index contributed by atoms with van der Waals surface area (Å²) in [5, 5.41) is 3.26. The van der Waals surface area contributed by atoms with Gasteiger partial charge >= 0.3 is 0 Å². The van der Waals surface area contributed by atoms with E-state index in [4.69, 9.17) is 0 Å². The molecule has 2 aromatic carbocycles. The summed E-state index contributed by atoms with van der Waals surface area (Å²) < 4.78 is 0. The molecule has 0 saturated carbocycles. The van der Waals surface area contributed by atoms with Crippen LogP contribution in [0.25, 0.3) is 0 Å². The quantitative estimate of drug-likeness (QED) is 0.534. The van der Waals surface area contributed by atoms with Gasteiger partial charge in [0.2, 0.25) is 0 Å². The summed E-state index contributed by atoms with van der Waals surface area (Å²) in [5.74, 6) is 1.00. The third-order valence-electron chi connectivity index (χ3n) is 5.17. The lowest BCUT2D eigenvalue weighted by Gasteiger charge is -2.21. The lowest BCUT2D eigenvalue weighted by atomic mass is 9.85. The molecule has 0 fully saturated rings. The summed E-state index contributed by atoms with van der Waals surface area (Å²) in [6, 6.07) is 13.3. The van der Waals surface area contributed by atoms with E-state index in [1.54, 1.807) is 0 Å². The number of hydrogen-bond acceptors (Lipinski definition) is 2. The van der Waals surface area contributed by atoms with E-state index in [-0.39, 0.29) is 0 Å². The van der Waals surface area contributed by atoms with Gasteiger partial charge in [0, 0.05) is 6.54 Å². The number of rotatable bonds is 8. The van der Waals surface area contributed by atoms with Crippen LogP contribution in [0.15, 0.2) is 49.1 Å². The Morgan fingerprint density at radius 2 is 1.55 bits per heavy atom. The third kappa shape index (κ3) is 8.55. The molecule has 2 heteroatoms. The molecule has 0 bridgehead atoms. The maximum absolute atomic E-state index is 3.95. The topological polar surface area (TPSA) is 15.3 Å². The first-order chi connectivity index (χ1) is 13.7. The summed E-state index contributed by atoms with van der Waals surface area (Å²) in [5.41, 5.74) is 8.51. The van der Waals surface area contributed by atoms with Crippen LogP contribution in [0.1, 0.15) is 66.0 Å². The van der Waals surface area contributed by atoms with Crippen LogP contribution >= 0.6 is 0 Å². The molecule has 0 aromatic heterocycles. The normalized spacial score (nSPS) is 11.9. The van der Waals surface area contributed by atoms with Crippen molar-refractivity contribution < 1.29 is 0 Å². The Morgan fingerprint density at radius 3 is 2.03 bits per heavy atom. The van der Waals surface area contributed by atoms with Crippen molar-refractivity contribution in [3.05, 3.63) is 82.4 Å². The number of aryl methyl sites for hydroxylation is 2. The second kappa shape index (κ2) is 12.6. The number of allylic oxidation sites excluding steroid dienone is 1. The van der Waals surface area contributed by atoms with E-state index in [1.165, 1.54) is 33.4 Å². The molecule has 1 unspecified atom stereocenters. The zero-order valence-electron chi connectivity index (χ0n) is 20.0. The Bertz CT molecular complexity index is 742. The first kappa shape index (κ1) is 25.1. The van der Waals surface area contributed by atoms with Crippen molar-refractivity contribution in [2.24, 2.45) is 0 Å². The van der Waals surface area contributed by atoms with Crippen LogP contribution < -0.4 is 5.32 Å². The van der Waals surface area contributed by atoms with Crippen molar-refractivity contribution in [1.29, 1.82) is 0 Å². The molecule has 0 spiro atoms. The predicted molar refractivity (Wildman–Crippen MR) is 130 cm³/mol. The van der Waals surface area contributed by atoms with Gasteiger partial charge in [-0.05, 0) is 82.0 Å². The summed E-state index contributed by atoms with van der Waals surface area (Å²) in [6.45, 7) is 17.1. The second-order valence-corrected chi connectivity index (χ2v) is 8.68. The standard InChI is InChI=1S/C17H27N.C10H15N/c1-7-14(5)17-11-13(4)10-16(12(2)3)15(17)8-9-18-6;1-9-4-6-10(7-5-9)8-11(2)3/h7,10-12,14,18H,1,8-9H2,2-6H3;4-7H,8H2,1-3H3. The minimum atomic E-state index is 0.425. The van der Waals surface area contributed by atoms with Gasteiger partial charge < -0.3 is 10.2 Å². The smallest absolute Gasteiger partial charge is 0.0227 e. The Balaban J connectivity index is 0.000000326. The molecule has 1 atom stereocenters. The number of likely N-dealkylation sites (N-methyl/N-ethyl adjacent to an activating group) is 1. The molecule has 2 rings (SSSR count). The molecule has 0 saturated heterocycles. The van der Waals surface area contributed by atoms with Crippen LogP contribution in [0.4, 0.5) is 0 Å². The van der Waals surface area contributed by atoms with Crippen LogP contribution in [-0.2, 0) is 13.0 Å². The van der Waals surface area contributed by atoms with E-state index >= 15 is 0 Å². The van der Waals surface area contributed by atoms with Crippen LogP contribution in [-0.4, -0.2) is 32.6 Å². The number of nitrogens with one attached hydrogen (secondary N) is 1. The largest absolute Gasteiger partial charge is 0.319 e.